The molecule has 110 valence electrons. The molecule has 21 heavy (non-hydrogen) atoms. The number of anilines is 1. The second-order valence-electron chi connectivity index (χ2n) is 5.62. The molecule has 0 aliphatic carbocycles. The topological polar surface area (TPSA) is 29.1 Å². The number of benzene rings is 2. The van der Waals surface area contributed by atoms with Crippen molar-refractivity contribution in [2.75, 3.05) is 5.32 Å². The van der Waals surface area contributed by atoms with Gasteiger partial charge in [0.25, 0.3) is 0 Å². The van der Waals surface area contributed by atoms with Crippen molar-refractivity contribution in [3.63, 3.8) is 0 Å². The molecule has 0 atom stereocenters. The van der Waals surface area contributed by atoms with E-state index in [1.54, 1.807) is 0 Å². The third kappa shape index (κ3) is 3.72. The number of carbonyl (C=O) groups is 1. The second kappa shape index (κ2) is 6.57. The lowest BCUT2D eigenvalue weighted by Gasteiger charge is -2.14. The van der Waals surface area contributed by atoms with Crippen LogP contribution < -0.4 is 5.32 Å². The van der Waals surface area contributed by atoms with E-state index in [9.17, 15) is 4.79 Å². The summed E-state index contributed by atoms with van der Waals surface area (Å²) in [5, 5.41) is 3.09. The Morgan fingerprint density at radius 2 is 1.76 bits per heavy atom. The molecule has 1 N–H and O–H groups in total. The number of nitrogens with one attached hydrogen (secondary N) is 1. The molecule has 0 aliphatic rings. The highest BCUT2D eigenvalue weighted by atomic mass is 16.1. The minimum Gasteiger partial charge on any atom is -0.325 e. The average molecular weight is 281 g/mol. The van der Waals surface area contributed by atoms with Gasteiger partial charge in [0.2, 0.25) is 5.91 Å². The van der Waals surface area contributed by atoms with Crippen molar-refractivity contribution in [2.24, 2.45) is 0 Å². The van der Waals surface area contributed by atoms with Crippen molar-refractivity contribution in [3.05, 3.63) is 64.2 Å². The molecule has 2 rings (SSSR count). The molecule has 2 nitrogen and oxygen atoms in total. The summed E-state index contributed by atoms with van der Waals surface area (Å²) in [6, 6.07) is 12.4. The lowest BCUT2D eigenvalue weighted by molar-refractivity contribution is -0.115. The smallest absolute Gasteiger partial charge is 0.228 e. The molecular formula is C19H23NO. The van der Waals surface area contributed by atoms with Gasteiger partial charge in [-0.05, 0) is 49.4 Å². The van der Waals surface area contributed by atoms with Gasteiger partial charge in [-0.3, -0.25) is 4.79 Å². The van der Waals surface area contributed by atoms with Gasteiger partial charge < -0.3 is 5.32 Å². The minimum absolute atomic E-state index is 0.0488. The minimum atomic E-state index is 0.0488. The first-order chi connectivity index (χ1) is 10.0. The maximum Gasteiger partial charge on any atom is 0.228 e. The number of hydrogen-bond donors (Lipinski definition) is 1. The van der Waals surface area contributed by atoms with Crippen LogP contribution in [0.25, 0.3) is 0 Å². The molecule has 0 aliphatic heterocycles. The predicted molar refractivity (Wildman–Crippen MR) is 88.8 cm³/mol. The van der Waals surface area contributed by atoms with Gasteiger partial charge in [0.15, 0.2) is 0 Å². The van der Waals surface area contributed by atoms with E-state index in [-0.39, 0.29) is 5.91 Å². The van der Waals surface area contributed by atoms with Gasteiger partial charge >= 0.3 is 0 Å². The highest BCUT2D eigenvalue weighted by Gasteiger charge is 2.10. The summed E-state index contributed by atoms with van der Waals surface area (Å²) >= 11 is 0. The highest BCUT2D eigenvalue weighted by molar-refractivity contribution is 5.94. The normalized spacial score (nSPS) is 10.5. The van der Waals surface area contributed by atoms with E-state index in [1.807, 2.05) is 26.0 Å². The van der Waals surface area contributed by atoms with Crippen LogP contribution in [0.15, 0.2) is 36.4 Å². The molecular weight excluding hydrogens is 258 g/mol. The summed E-state index contributed by atoms with van der Waals surface area (Å²) in [7, 11) is 0. The fourth-order valence-corrected chi connectivity index (χ4v) is 2.55. The first-order valence-corrected chi connectivity index (χ1v) is 7.45. The number of aryl methyl sites for hydroxylation is 4. The largest absolute Gasteiger partial charge is 0.325 e. The van der Waals surface area contributed by atoms with E-state index in [4.69, 9.17) is 0 Å². The van der Waals surface area contributed by atoms with Crippen LogP contribution in [0.3, 0.4) is 0 Å². The van der Waals surface area contributed by atoms with Crippen molar-refractivity contribution >= 4 is 11.6 Å². The maximum atomic E-state index is 12.4. The summed E-state index contributed by atoms with van der Waals surface area (Å²) in [6.07, 6.45) is 1.34. The fourth-order valence-electron chi connectivity index (χ4n) is 2.55. The van der Waals surface area contributed by atoms with E-state index in [2.05, 4.69) is 43.4 Å². The number of rotatable bonds is 4. The van der Waals surface area contributed by atoms with Crippen molar-refractivity contribution in [1.29, 1.82) is 0 Å². The monoisotopic (exact) mass is 281 g/mol. The summed E-state index contributed by atoms with van der Waals surface area (Å²) in [4.78, 5) is 12.4. The van der Waals surface area contributed by atoms with Crippen molar-refractivity contribution in [3.8, 4) is 0 Å². The van der Waals surface area contributed by atoms with E-state index < -0.39 is 0 Å². The zero-order valence-electron chi connectivity index (χ0n) is 13.3. The third-order valence-corrected chi connectivity index (χ3v) is 3.86. The zero-order valence-corrected chi connectivity index (χ0v) is 13.3. The van der Waals surface area contributed by atoms with Gasteiger partial charge in [0, 0.05) is 5.69 Å². The van der Waals surface area contributed by atoms with Crippen LogP contribution in [-0.4, -0.2) is 5.91 Å². The molecule has 1 amide bonds. The van der Waals surface area contributed by atoms with Crippen LogP contribution in [0.1, 0.15) is 34.7 Å². The molecule has 0 unspecified atom stereocenters. The Balaban J connectivity index is 2.17. The second-order valence-corrected chi connectivity index (χ2v) is 5.62. The van der Waals surface area contributed by atoms with Crippen LogP contribution in [0.2, 0.25) is 0 Å². The molecule has 2 aromatic carbocycles. The fraction of sp³-hybridized carbons (Fsp3) is 0.316. The van der Waals surface area contributed by atoms with E-state index in [0.717, 1.165) is 28.8 Å². The predicted octanol–water partition coefficient (Wildman–Crippen LogP) is 4.36. The van der Waals surface area contributed by atoms with E-state index in [0.29, 0.717) is 6.42 Å². The first-order valence-electron chi connectivity index (χ1n) is 7.45. The average Bonchev–Trinajstić information content (AvgIpc) is 2.45. The SMILES string of the molecule is CCc1cccc(C)c1NC(=O)Cc1cc(C)ccc1C. The summed E-state index contributed by atoms with van der Waals surface area (Å²) in [5.74, 6) is 0.0488. The van der Waals surface area contributed by atoms with Crippen LogP contribution in [0, 0.1) is 20.8 Å². The molecule has 0 saturated heterocycles. The highest BCUT2D eigenvalue weighted by Crippen LogP contribution is 2.21. The Morgan fingerprint density at radius 3 is 2.48 bits per heavy atom. The Kier molecular flexibility index (Phi) is 4.79. The van der Waals surface area contributed by atoms with Gasteiger partial charge in [-0.2, -0.15) is 0 Å². The van der Waals surface area contributed by atoms with Gasteiger partial charge in [-0.1, -0.05) is 48.9 Å². The number of para-hydroxylation sites is 1. The van der Waals surface area contributed by atoms with E-state index in [1.165, 1.54) is 11.1 Å². The van der Waals surface area contributed by atoms with Crippen molar-refractivity contribution in [1.82, 2.24) is 0 Å². The maximum absolute atomic E-state index is 12.4. The Morgan fingerprint density at radius 1 is 1.00 bits per heavy atom. The first kappa shape index (κ1) is 15.3. The summed E-state index contributed by atoms with van der Waals surface area (Å²) in [5.41, 5.74) is 6.72. The molecule has 0 bridgehead atoms. The molecule has 0 saturated carbocycles. The van der Waals surface area contributed by atoms with Gasteiger partial charge in [-0.25, -0.2) is 0 Å². The Labute approximate surface area is 127 Å². The van der Waals surface area contributed by atoms with E-state index >= 15 is 0 Å². The molecule has 2 aromatic rings. The Hall–Kier alpha value is -2.09. The zero-order chi connectivity index (χ0) is 15.4. The molecule has 0 spiro atoms. The van der Waals surface area contributed by atoms with Gasteiger partial charge in [-0.15, -0.1) is 0 Å². The lowest BCUT2D eigenvalue weighted by atomic mass is 10.0. The quantitative estimate of drug-likeness (QED) is 0.886. The number of amides is 1. The lowest BCUT2D eigenvalue weighted by Crippen LogP contribution is -2.17. The number of hydrogen-bond acceptors (Lipinski definition) is 1. The van der Waals surface area contributed by atoms with Crippen molar-refractivity contribution < 1.29 is 4.79 Å². The van der Waals surface area contributed by atoms with Crippen LogP contribution >= 0.6 is 0 Å². The molecule has 0 heterocycles. The molecule has 2 heteroatoms. The van der Waals surface area contributed by atoms with Crippen molar-refractivity contribution in [2.45, 2.75) is 40.5 Å². The molecule has 0 radical (unpaired) electrons. The standard InChI is InChI=1S/C19H23NO/c1-5-16-8-6-7-15(4)19(16)20-18(21)12-17-11-13(2)9-10-14(17)3/h6-11H,5,12H2,1-4H3,(H,20,21). The van der Waals surface area contributed by atoms with Crippen LogP contribution in [-0.2, 0) is 17.6 Å². The number of carbonyl (C=O) groups excluding carboxylic acids is 1. The summed E-state index contributed by atoms with van der Waals surface area (Å²) in [6.45, 7) is 8.24. The third-order valence-electron chi connectivity index (χ3n) is 3.86. The van der Waals surface area contributed by atoms with Gasteiger partial charge in [0.05, 0.1) is 6.42 Å². The Bertz CT molecular complexity index is 659. The summed E-state index contributed by atoms with van der Waals surface area (Å²) < 4.78 is 0. The van der Waals surface area contributed by atoms with Crippen LogP contribution in [0.4, 0.5) is 5.69 Å². The molecule has 0 fully saturated rings. The van der Waals surface area contributed by atoms with Crippen LogP contribution in [0.5, 0.6) is 0 Å². The molecule has 0 aromatic heterocycles. The van der Waals surface area contributed by atoms with Gasteiger partial charge in [0.1, 0.15) is 0 Å².